The molecule has 3 N–H and O–H groups in total. The smallest absolute Gasteiger partial charge is 0.221 e. The molecule has 0 saturated heterocycles. The van der Waals surface area contributed by atoms with Gasteiger partial charge in [0.15, 0.2) is 0 Å². The quantitative estimate of drug-likeness (QED) is 0.677. The van der Waals surface area contributed by atoms with Crippen LogP contribution in [0.3, 0.4) is 0 Å². The molecular formula is C13H27ClN2OS. The van der Waals surface area contributed by atoms with Crippen LogP contribution in [-0.4, -0.2) is 30.0 Å². The molecule has 3 nitrogen and oxygen atoms in total. The van der Waals surface area contributed by atoms with Crippen molar-refractivity contribution in [2.75, 3.05) is 18.1 Å². The third-order valence-electron chi connectivity index (χ3n) is 3.42. The molecule has 0 spiro atoms. The van der Waals surface area contributed by atoms with Crippen LogP contribution in [-0.2, 0) is 4.79 Å². The molecule has 0 aliphatic heterocycles. The number of hydrogen-bond acceptors (Lipinski definition) is 3. The van der Waals surface area contributed by atoms with E-state index in [4.69, 9.17) is 5.73 Å². The van der Waals surface area contributed by atoms with Crippen molar-refractivity contribution in [2.24, 2.45) is 11.7 Å². The van der Waals surface area contributed by atoms with Crippen LogP contribution in [0.15, 0.2) is 0 Å². The minimum absolute atomic E-state index is 0. The molecular weight excluding hydrogens is 268 g/mol. The molecule has 18 heavy (non-hydrogen) atoms. The third-order valence-corrected chi connectivity index (χ3v) is 4.49. The first kappa shape index (κ1) is 18.1. The SMILES string of the molecule is CCCCSCCC(=O)NC1CCCC1CN.Cl. The first-order chi connectivity index (χ1) is 8.27. The number of unbranched alkanes of at least 4 members (excludes halogenated alkanes) is 1. The third kappa shape index (κ3) is 6.86. The lowest BCUT2D eigenvalue weighted by Gasteiger charge is -2.19. The average Bonchev–Trinajstić information content (AvgIpc) is 2.76. The van der Waals surface area contributed by atoms with Gasteiger partial charge in [0, 0.05) is 18.2 Å². The summed E-state index contributed by atoms with van der Waals surface area (Å²) >= 11 is 1.89. The van der Waals surface area contributed by atoms with Gasteiger partial charge in [0.2, 0.25) is 5.91 Å². The van der Waals surface area contributed by atoms with E-state index in [1.54, 1.807) is 0 Å². The minimum atomic E-state index is 0. The van der Waals surface area contributed by atoms with Gasteiger partial charge >= 0.3 is 0 Å². The molecule has 0 aromatic rings. The van der Waals surface area contributed by atoms with E-state index in [1.807, 2.05) is 11.8 Å². The average molecular weight is 295 g/mol. The Morgan fingerprint density at radius 3 is 2.83 bits per heavy atom. The van der Waals surface area contributed by atoms with Crippen LogP contribution in [0.1, 0.15) is 45.4 Å². The Bertz CT molecular complexity index is 229. The van der Waals surface area contributed by atoms with Gasteiger partial charge < -0.3 is 11.1 Å². The Morgan fingerprint density at radius 2 is 2.17 bits per heavy atom. The highest BCUT2D eigenvalue weighted by molar-refractivity contribution is 7.99. The van der Waals surface area contributed by atoms with Gasteiger partial charge in [-0.2, -0.15) is 11.8 Å². The van der Waals surface area contributed by atoms with Gasteiger partial charge in [-0.05, 0) is 37.5 Å². The summed E-state index contributed by atoms with van der Waals surface area (Å²) in [5.74, 6) is 2.84. The monoisotopic (exact) mass is 294 g/mol. The molecule has 0 heterocycles. The van der Waals surface area contributed by atoms with E-state index in [0.29, 0.717) is 24.9 Å². The molecule has 2 unspecified atom stereocenters. The lowest BCUT2D eigenvalue weighted by molar-refractivity contribution is -0.121. The fourth-order valence-corrected chi connectivity index (χ4v) is 3.33. The second-order valence-electron chi connectivity index (χ2n) is 4.82. The second-order valence-corrected chi connectivity index (χ2v) is 6.04. The summed E-state index contributed by atoms with van der Waals surface area (Å²) in [6.45, 7) is 2.90. The number of carbonyl (C=O) groups excluding carboxylic acids is 1. The Kier molecular flexibility index (Phi) is 11.0. The van der Waals surface area contributed by atoms with Crippen molar-refractivity contribution in [2.45, 2.75) is 51.5 Å². The van der Waals surface area contributed by atoms with Crippen LogP contribution < -0.4 is 11.1 Å². The molecule has 1 saturated carbocycles. The highest BCUT2D eigenvalue weighted by Gasteiger charge is 2.26. The van der Waals surface area contributed by atoms with Gasteiger partial charge in [-0.3, -0.25) is 4.79 Å². The summed E-state index contributed by atoms with van der Waals surface area (Å²) in [5, 5.41) is 3.14. The molecule has 0 bridgehead atoms. The topological polar surface area (TPSA) is 55.1 Å². The number of amides is 1. The van der Waals surface area contributed by atoms with E-state index in [1.165, 1.54) is 31.4 Å². The Balaban J connectivity index is 0.00000289. The molecule has 1 aliphatic carbocycles. The lowest BCUT2D eigenvalue weighted by Crippen LogP contribution is -2.39. The van der Waals surface area contributed by atoms with Crippen molar-refractivity contribution >= 4 is 30.1 Å². The highest BCUT2D eigenvalue weighted by atomic mass is 35.5. The van der Waals surface area contributed by atoms with Gasteiger partial charge in [0.25, 0.3) is 0 Å². The van der Waals surface area contributed by atoms with Gasteiger partial charge in [-0.25, -0.2) is 0 Å². The predicted octanol–water partition coefficient (Wildman–Crippen LogP) is 2.58. The summed E-state index contributed by atoms with van der Waals surface area (Å²) in [6, 6.07) is 0.341. The highest BCUT2D eigenvalue weighted by Crippen LogP contribution is 2.24. The van der Waals surface area contributed by atoms with Crippen LogP contribution in [0.25, 0.3) is 0 Å². The minimum Gasteiger partial charge on any atom is -0.353 e. The van der Waals surface area contributed by atoms with Gasteiger partial charge in [0.1, 0.15) is 0 Å². The Hall–Kier alpha value is 0.0700. The fourth-order valence-electron chi connectivity index (χ4n) is 2.30. The molecule has 1 aliphatic rings. The summed E-state index contributed by atoms with van der Waals surface area (Å²) in [5.41, 5.74) is 5.70. The normalized spacial score (nSPS) is 22.6. The Labute approximate surface area is 121 Å². The summed E-state index contributed by atoms with van der Waals surface area (Å²) in [6.07, 6.45) is 6.63. The number of nitrogens with two attached hydrogens (primary N) is 1. The van der Waals surface area contributed by atoms with Crippen molar-refractivity contribution in [1.29, 1.82) is 0 Å². The summed E-state index contributed by atoms with van der Waals surface area (Å²) in [7, 11) is 0. The van der Waals surface area contributed by atoms with Crippen molar-refractivity contribution in [1.82, 2.24) is 5.32 Å². The maximum Gasteiger partial charge on any atom is 0.221 e. The maximum absolute atomic E-state index is 11.7. The predicted molar refractivity (Wildman–Crippen MR) is 82.4 cm³/mol. The zero-order valence-corrected chi connectivity index (χ0v) is 13.0. The van der Waals surface area contributed by atoms with Crippen LogP contribution in [0.5, 0.6) is 0 Å². The van der Waals surface area contributed by atoms with Crippen molar-refractivity contribution in [3.8, 4) is 0 Å². The molecule has 0 radical (unpaired) electrons. The van der Waals surface area contributed by atoms with E-state index in [0.717, 1.165) is 12.2 Å². The van der Waals surface area contributed by atoms with E-state index < -0.39 is 0 Å². The fraction of sp³-hybridized carbons (Fsp3) is 0.923. The van der Waals surface area contributed by atoms with E-state index >= 15 is 0 Å². The molecule has 0 aromatic carbocycles. The van der Waals surface area contributed by atoms with Gasteiger partial charge in [-0.1, -0.05) is 19.8 Å². The van der Waals surface area contributed by atoms with Crippen LogP contribution in [0.2, 0.25) is 0 Å². The molecule has 0 aromatic heterocycles. The summed E-state index contributed by atoms with van der Waals surface area (Å²) < 4.78 is 0. The number of thioether (sulfide) groups is 1. The number of nitrogens with one attached hydrogen (secondary N) is 1. The molecule has 1 fully saturated rings. The lowest BCUT2D eigenvalue weighted by atomic mass is 10.0. The largest absolute Gasteiger partial charge is 0.353 e. The Morgan fingerprint density at radius 1 is 1.39 bits per heavy atom. The number of halogens is 1. The van der Waals surface area contributed by atoms with Crippen LogP contribution >= 0.6 is 24.2 Å². The van der Waals surface area contributed by atoms with E-state index in [2.05, 4.69) is 12.2 Å². The van der Waals surface area contributed by atoms with Crippen LogP contribution in [0, 0.1) is 5.92 Å². The van der Waals surface area contributed by atoms with Crippen molar-refractivity contribution in [3.63, 3.8) is 0 Å². The van der Waals surface area contributed by atoms with Crippen molar-refractivity contribution < 1.29 is 4.79 Å². The molecule has 1 rings (SSSR count). The first-order valence-electron chi connectivity index (χ1n) is 6.85. The van der Waals surface area contributed by atoms with Gasteiger partial charge in [0.05, 0.1) is 0 Å². The zero-order valence-electron chi connectivity index (χ0n) is 11.3. The van der Waals surface area contributed by atoms with E-state index in [9.17, 15) is 4.79 Å². The van der Waals surface area contributed by atoms with E-state index in [-0.39, 0.29) is 18.3 Å². The van der Waals surface area contributed by atoms with Crippen molar-refractivity contribution in [3.05, 3.63) is 0 Å². The van der Waals surface area contributed by atoms with Gasteiger partial charge in [-0.15, -0.1) is 12.4 Å². The maximum atomic E-state index is 11.7. The standard InChI is InChI=1S/C13H26N2OS.ClH/c1-2-3-8-17-9-7-13(16)15-12-6-4-5-11(12)10-14;/h11-12H,2-10,14H2,1H3,(H,15,16);1H. The molecule has 5 heteroatoms. The summed E-state index contributed by atoms with van der Waals surface area (Å²) in [4.78, 5) is 11.7. The molecule has 108 valence electrons. The number of hydrogen-bond donors (Lipinski definition) is 2. The number of carbonyl (C=O) groups is 1. The van der Waals surface area contributed by atoms with Crippen LogP contribution in [0.4, 0.5) is 0 Å². The zero-order chi connectivity index (χ0) is 12.5. The molecule has 2 atom stereocenters. The second kappa shape index (κ2) is 10.9. The molecule has 1 amide bonds. The number of rotatable bonds is 8. The first-order valence-corrected chi connectivity index (χ1v) is 8.00.